The number of rotatable bonds is 2. The van der Waals surface area contributed by atoms with Crippen LogP contribution >= 0.6 is 0 Å². The summed E-state index contributed by atoms with van der Waals surface area (Å²) in [7, 11) is 0. The van der Waals surface area contributed by atoms with E-state index in [1.54, 1.807) is 0 Å². The highest BCUT2D eigenvalue weighted by Gasteiger charge is 2.47. The third kappa shape index (κ3) is 3.37. The average Bonchev–Trinajstić information content (AvgIpc) is 3.15. The van der Waals surface area contributed by atoms with Crippen LogP contribution in [0, 0.1) is 92.7 Å². The first-order valence-electron chi connectivity index (χ1n) is 9.82. The Morgan fingerprint density at radius 3 is 1.76 bits per heavy atom. The van der Waals surface area contributed by atoms with Gasteiger partial charge in [-0.25, -0.2) is 0 Å². The summed E-state index contributed by atoms with van der Waals surface area (Å²) in [5, 5.41) is 38.4. The van der Waals surface area contributed by atoms with Gasteiger partial charge in [0, 0.05) is 17.8 Å². The van der Waals surface area contributed by atoms with Gasteiger partial charge in [0.15, 0.2) is 0 Å². The van der Waals surface area contributed by atoms with Crippen LogP contribution in [-0.2, 0) is 0 Å². The molecule has 3 rings (SSSR count). The van der Waals surface area contributed by atoms with Gasteiger partial charge in [0.2, 0.25) is 0 Å². The Kier molecular flexibility index (Phi) is 5.61. The third-order valence-corrected chi connectivity index (χ3v) is 7.23. The zero-order chi connectivity index (χ0) is 17.8. The standard InChI is InChI=1S/C21H26N4/c22-10-14-7-8-16(12-24)20(9-14)19-6-2-5-18(21(19)13-25)17-4-1-3-15(17)11-23/h14-21H,1-9H2. The molecule has 0 spiro atoms. The Labute approximate surface area is 151 Å². The van der Waals surface area contributed by atoms with Crippen molar-refractivity contribution in [2.45, 2.75) is 57.8 Å². The Hall–Kier alpha value is -2.04. The van der Waals surface area contributed by atoms with Crippen molar-refractivity contribution in [2.24, 2.45) is 47.3 Å². The molecule has 0 heterocycles. The molecule has 0 saturated heterocycles. The summed E-state index contributed by atoms with van der Waals surface area (Å²) < 4.78 is 0. The Balaban J connectivity index is 1.83. The number of hydrogen-bond acceptors (Lipinski definition) is 4. The van der Waals surface area contributed by atoms with E-state index < -0.39 is 0 Å². The van der Waals surface area contributed by atoms with Crippen molar-refractivity contribution >= 4 is 0 Å². The molecule has 0 amide bonds. The molecule has 4 heteroatoms. The van der Waals surface area contributed by atoms with Gasteiger partial charge in [0.1, 0.15) is 0 Å². The number of nitrogens with zero attached hydrogens (tertiary/aromatic N) is 4. The molecule has 3 aliphatic carbocycles. The molecule has 8 atom stereocenters. The predicted octanol–water partition coefficient (Wildman–Crippen LogP) is 4.56. The second-order valence-corrected chi connectivity index (χ2v) is 8.28. The molecule has 25 heavy (non-hydrogen) atoms. The van der Waals surface area contributed by atoms with Crippen molar-refractivity contribution in [3.8, 4) is 24.3 Å². The van der Waals surface area contributed by atoms with Gasteiger partial charge in [0.25, 0.3) is 0 Å². The highest BCUT2D eigenvalue weighted by Crippen LogP contribution is 2.52. The van der Waals surface area contributed by atoms with Crippen LogP contribution in [0.3, 0.4) is 0 Å². The molecule has 3 saturated carbocycles. The first-order valence-corrected chi connectivity index (χ1v) is 9.82. The maximum atomic E-state index is 9.98. The normalized spacial score (nSPS) is 44.0. The van der Waals surface area contributed by atoms with E-state index in [0.717, 1.165) is 57.8 Å². The van der Waals surface area contributed by atoms with Crippen LogP contribution in [0.2, 0.25) is 0 Å². The zero-order valence-electron chi connectivity index (χ0n) is 14.8. The van der Waals surface area contributed by atoms with Gasteiger partial charge in [-0.15, -0.1) is 0 Å². The maximum absolute atomic E-state index is 9.98. The van der Waals surface area contributed by atoms with Crippen LogP contribution in [-0.4, -0.2) is 0 Å². The lowest BCUT2D eigenvalue weighted by Gasteiger charge is -2.44. The van der Waals surface area contributed by atoms with Crippen molar-refractivity contribution < 1.29 is 0 Å². The van der Waals surface area contributed by atoms with E-state index in [0.29, 0.717) is 11.8 Å². The van der Waals surface area contributed by atoms with Crippen LogP contribution < -0.4 is 0 Å². The molecule has 0 aromatic heterocycles. The molecular formula is C21H26N4. The monoisotopic (exact) mass is 334 g/mol. The summed E-state index contributed by atoms with van der Waals surface area (Å²) in [6.07, 6.45) is 8.67. The topological polar surface area (TPSA) is 95.2 Å². The maximum Gasteiger partial charge on any atom is 0.0661 e. The third-order valence-electron chi connectivity index (χ3n) is 7.23. The fraction of sp³-hybridized carbons (Fsp3) is 0.810. The smallest absolute Gasteiger partial charge is 0.0661 e. The highest BCUT2D eigenvalue weighted by atomic mass is 14.5. The first kappa shape index (κ1) is 17.8. The minimum atomic E-state index is -0.0500. The molecule has 0 aromatic carbocycles. The molecule has 8 unspecified atom stereocenters. The molecular weight excluding hydrogens is 308 g/mol. The minimum absolute atomic E-state index is 0.0143. The quantitative estimate of drug-likeness (QED) is 0.739. The lowest BCUT2D eigenvalue weighted by atomic mass is 9.58. The largest absolute Gasteiger partial charge is 0.198 e. The number of nitriles is 4. The van der Waals surface area contributed by atoms with E-state index in [-0.39, 0.29) is 35.5 Å². The lowest BCUT2D eigenvalue weighted by molar-refractivity contribution is 0.0533. The molecule has 4 nitrogen and oxygen atoms in total. The minimum Gasteiger partial charge on any atom is -0.198 e. The van der Waals surface area contributed by atoms with E-state index in [4.69, 9.17) is 0 Å². The molecule has 0 aromatic rings. The van der Waals surface area contributed by atoms with Crippen molar-refractivity contribution in [3.63, 3.8) is 0 Å². The van der Waals surface area contributed by atoms with E-state index in [1.807, 2.05) is 0 Å². The van der Waals surface area contributed by atoms with Gasteiger partial charge in [0.05, 0.1) is 30.2 Å². The second-order valence-electron chi connectivity index (χ2n) is 8.28. The van der Waals surface area contributed by atoms with Gasteiger partial charge >= 0.3 is 0 Å². The van der Waals surface area contributed by atoms with Crippen LogP contribution in [0.25, 0.3) is 0 Å². The van der Waals surface area contributed by atoms with E-state index in [2.05, 4.69) is 24.3 Å². The van der Waals surface area contributed by atoms with Crippen LogP contribution in [0.5, 0.6) is 0 Å². The lowest BCUT2D eigenvalue weighted by Crippen LogP contribution is -2.41. The molecule has 3 fully saturated rings. The fourth-order valence-electron chi connectivity index (χ4n) is 6.04. The van der Waals surface area contributed by atoms with Gasteiger partial charge in [-0.2, -0.15) is 21.0 Å². The van der Waals surface area contributed by atoms with Crippen LogP contribution in [0.1, 0.15) is 57.8 Å². The fourth-order valence-corrected chi connectivity index (χ4v) is 6.04. The Bertz CT molecular complexity index is 643. The zero-order valence-corrected chi connectivity index (χ0v) is 14.8. The summed E-state index contributed by atoms with van der Waals surface area (Å²) in [6, 6.07) is 9.95. The van der Waals surface area contributed by atoms with Crippen molar-refractivity contribution in [2.75, 3.05) is 0 Å². The average molecular weight is 334 g/mol. The van der Waals surface area contributed by atoms with E-state index in [9.17, 15) is 21.0 Å². The highest BCUT2D eigenvalue weighted by molar-refractivity contribution is 5.08. The molecule has 0 radical (unpaired) electrons. The summed E-state index contributed by atoms with van der Waals surface area (Å²) >= 11 is 0. The summed E-state index contributed by atoms with van der Waals surface area (Å²) in [5.41, 5.74) is 0. The molecule has 0 aliphatic heterocycles. The van der Waals surface area contributed by atoms with Crippen molar-refractivity contribution in [1.82, 2.24) is 0 Å². The van der Waals surface area contributed by atoms with Crippen LogP contribution in [0.4, 0.5) is 0 Å². The van der Waals surface area contributed by atoms with E-state index in [1.165, 1.54) is 0 Å². The summed E-state index contributed by atoms with van der Waals surface area (Å²) in [6.45, 7) is 0. The Morgan fingerprint density at radius 1 is 0.520 bits per heavy atom. The van der Waals surface area contributed by atoms with Gasteiger partial charge in [-0.3, -0.25) is 0 Å². The van der Waals surface area contributed by atoms with E-state index >= 15 is 0 Å². The SMILES string of the molecule is N#CC1CCC(C#N)C(C2CCCC(C3CCCC3C#N)C2C#N)C1. The van der Waals surface area contributed by atoms with Crippen LogP contribution in [0.15, 0.2) is 0 Å². The number of hydrogen-bond donors (Lipinski definition) is 0. The van der Waals surface area contributed by atoms with Crippen molar-refractivity contribution in [3.05, 3.63) is 0 Å². The van der Waals surface area contributed by atoms with Gasteiger partial charge in [-0.1, -0.05) is 12.8 Å². The summed E-state index contributed by atoms with van der Waals surface area (Å²) in [5.74, 6) is 1.14. The summed E-state index contributed by atoms with van der Waals surface area (Å²) in [4.78, 5) is 0. The molecule has 3 aliphatic rings. The van der Waals surface area contributed by atoms with Gasteiger partial charge in [-0.05, 0) is 68.6 Å². The molecule has 0 bridgehead atoms. The molecule has 130 valence electrons. The molecule has 0 N–H and O–H groups in total. The predicted molar refractivity (Wildman–Crippen MR) is 91.9 cm³/mol. The second kappa shape index (κ2) is 7.89. The Morgan fingerprint density at radius 2 is 1.12 bits per heavy atom. The van der Waals surface area contributed by atoms with Gasteiger partial charge < -0.3 is 0 Å². The van der Waals surface area contributed by atoms with Crippen molar-refractivity contribution in [1.29, 1.82) is 21.0 Å². The first-order chi connectivity index (χ1) is 12.2.